The van der Waals surface area contributed by atoms with Crippen molar-refractivity contribution >= 4 is 33.0 Å². The molecule has 0 unspecified atom stereocenters. The fourth-order valence-corrected chi connectivity index (χ4v) is 3.65. The van der Waals surface area contributed by atoms with E-state index >= 15 is 0 Å². The number of nitrogens with one attached hydrogen (secondary N) is 2. The summed E-state index contributed by atoms with van der Waals surface area (Å²) < 4.78 is 27.8. The maximum absolute atomic E-state index is 12.6. The number of hydrogen-bond acceptors (Lipinski definition) is 3. The van der Waals surface area contributed by atoms with Gasteiger partial charge in [-0.25, -0.2) is 8.42 Å². The second-order valence-electron chi connectivity index (χ2n) is 4.56. The first-order chi connectivity index (χ1) is 9.95. The second kappa shape index (κ2) is 6.37. The van der Waals surface area contributed by atoms with Gasteiger partial charge in [0, 0.05) is 6.54 Å². The number of rotatable bonds is 5. The molecule has 0 radical (unpaired) electrons. The van der Waals surface area contributed by atoms with Crippen molar-refractivity contribution in [1.82, 2.24) is 0 Å². The topological polar surface area (TPSA) is 58.2 Å². The van der Waals surface area contributed by atoms with Crippen molar-refractivity contribution in [2.75, 3.05) is 16.6 Å². The summed E-state index contributed by atoms with van der Waals surface area (Å²) in [6.45, 7) is 4.35. The van der Waals surface area contributed by atoms with Crippen molar-refractivity contribution in [1.29, 1.82) is 0 Å². The lowest BCUT2D eigenvalue weighted by molar-refractivity contribution is 0.601. The van der Waals surface area contributed by atoms with E-state index in [-0.39, 0.29) is 4.90 Å². The zero-order valence-electron chi connectivity index (χ0n) is 11.9. The van der Waals surface area contributed by atoms with Gasteiger partial charge in [0.15, 0.2) is 0 Å². The highest BCUT2D eigenvalue weighted by atomic mass is 35.5. The van der Waals surface area contributed by atoms with Crippen molar-refractivity contribution in [2.24, 2.45) is 0 Å². The molecule has 0 spiro atoms. The van der Waals surface area contributed by atoms with Crippen molar-refractivity contribution in [3.8, 4) is 0 Å². The summed E-state index contributed by atoms with van der Waals surface area (Å²) in [5.41, 5.74) is 1.75. The van der Waals surface area contributed by atoms with E-state index in [1.165, 1.54) is 0 Å². The third-order valence-corrected chi connectivity index (χ3v) is 4.73. The van der Waals surface area contributed by atoms with Crippen molar-refractivity contribution < 1.29 is 8.42 Å². The van der Waals surface area contributed by atoms with Gasteiger partial charge in [0.1, 0.15) is 4.90 Å². The van der Waals surface area contributed by atoms with Crippen molar-refractivity contribution in [2.45, 2.75) is 18.7 Å². The van der Waals surface area contributed by atoms with Crippen LogP contribution in [0.5, 0.6) is 0 Å². The minimum absolute atomic E-state index is 0.200. The van der Waals surface area contributed by atoms with Crippen LogP contribution in [0.15, 0.2) is 47.4 Å². The third-order valence-electron chi connectivity index (χ3n) is 3.00. The quantitative estimate of drug-likeness (QED) is 0.877. The molecule has 0 amide bonds. The molecular formula is C15H17ClN2O2S. The van der Waals surface area contributed by atoms with Gasteiger partial charge < -0.3 is 5.32 Å². The molecule has 0 saturated heterocycles. The van der Waals surface area contributed by atoms with E-state index in [0.717, 1.165) is 5.56 Å². The highest BCUT2D eigenvalue weighted by Gasteiger charge is 2.20. The largest absolute Gasteiger partial charge is 0.384 e. The molecular weight excluding hydrogens is 308 g/mol. The Bertz CT molecular complexity index is 725. The van der Waals surface area contributed by atoms with E-state index in [1.807, 2.05) is 6.92 Å². The molecule has 0 aliphatic heterocycles. The van der Waals surface area contributed by atoms with Crippen molar-refractivity contribution in [3.63, 3.8) is 0 Å². The predicted molar refractivity (Wildman–Crippen MR) is 87.6 cm³/mol. The number of hydrogen-bond donors (Lipinski definition) is 2. The molecule has 21 heavy (non-hydrogen) atoms. The van der Waals surface area contributed by atoms with Crippen LogP contribution in [0, 0.1) is 6.92 Å². The maximum Gasteiger partial charge on any atom is 0.264 e. The van der Waals surface area contributed by atoms with Gasteiger partial charge >= 0.3 is 0 Å². The van der Waals surface area contributed by atoms with Gasteiger partial charge in [-0.3, -0.25) is 4.72 Å². The van der Waals surface area contributed by atoms with E-state index in [0.29, 0.717) is 22.9 Å². The normalized spacial score (nSPS) is 11.2. The zero-order valence-corrected chi connectivity index (χ0v) is 13.4. The Morgan fingerprint density at radius 1 is 1.10 bits per heavy atom. The number of para-hydroxylation sites is 2. The minimum atomic E-state index is -3.71. The SMILES string of the molecule is CCNc1ccccc1S(=O)(=O)Nc1c(C)cccc1Cl. The number of anilines is 2. The highest BCUT2D eigenvalue weighted by molar-refractivity contribution is 7.93. The van der Waals surface area contributed by atoms with E-state index in [2.05, 4.69) is 10.0 Å². The Kier molecular flexibility index (Phi) is 4.75. The van der Waals surface area contributed by atoms with Crippen LogP contribution in [0.3, 0.4) is 0 Å². The number of halogens is 1. The van der Waals surface area contributed by atoms with Crippen LogP contribution in [0.2, 0.25) is 5.02 Å². The molecule has 2 aromatic carbocycles. The molecule has 2 rings (SSSR count). The van der Waals surface area contributed by atoms with Crippen molar-refractivity contribution in [3.05, 3.63) is 53.1 Å². The number of benzene rings is 2. The Hall–Kier alpha value is -1.72. The summed E-state index contributed by atoms with van der Waals surface area (Å²) in [4.78, 5) is 0.200. The average Bonchev–Trinajstić information content (AvgIpc) is 2.44. The summed E-state index contributed by atoms with van der Waals surface area (Å²) in [6, 6.07) is 12.0. The number of aryl methyl sites for hydroxylation is 1. The molecule has 4 nitrogen and oxygen atoms in total. The molecule has 0 bridgehead atoms. The van der Waals surface area contributed by atoms with Crippen LogP contribution in [-0.2, 0) is 10.0 Å². The van der Waals surface area contributed by atoms with E-state index in [9.17, 15) is 8.42 Å². The highest BCUT2D eigenvalue weighted by Crippen LogP contribution is 2.29. The molecule has 0 aliphatic rings. The Morgan fingerprint density at radius 3 is 2.48 bits per heavy atom. The third kappa shape index (κ3) is 3.49. The molecule has 2 aromatic rings. The van der Waals surface area contributed by atoms with Gasteiger partial charge in [-0.05, 0) is 37.6 Å². The standard InChI is InChI=1S/C15H17ClN2O2S/c1-3-17-13-9-4-5-10-14(13)21(19,20)18-15-11(2)7-6-8-12(15)16/h4-10,17-18H,3H2,1-2H3. The van der Waals surface area contributed by atoms with Crippen LogP contribution in [0.1, 0.15) is 12.5 Å². The second-order valence-corrected chi connectivity index (χ2v) is 6.62. The van der Waals surface area contributed by atoms with E-state index in [4.69, 9.17) is 11.6 Å². The fourth-order valence-electron chi connectivity index (χ4n) is 1.99. The van der Waals surface area contributed by atoms with Crippen LogP contribution >= 0.6 is 11.6 Å². The van der Waals surface area contributed by atoms with Gasteiger partial charge in [0.25, 0.3) is 10.0 Å². The first-order valence-electron chi connectivity index (χ1n) is 6.56. The monoisotopic (exact) mass is 324 g/mol. The molecule has 0 fully saturated rings. The fraction of sp³-hybridized carbons (Fsp3) is 0.200. The van der Waals surface area contributed by atoms with Crippen LogP contribution in [0.25, 0.3) is 0 Å². The summed E-state index contributed by atoms with van der Waals surface area (Å²) in [5, 5.41) is 3.42. The Labute approximate surface area is 130 Å². The molecule has 0 atom stereocenters. The lowest BCUT2D eigenvalue weighted by atomic mass is 10.2. The Morgan fingerprint density at radius 2 is 1.81 bits per heavy atom. The smallest absolute Gasteiger partial charge is 0.264 e. The summed E-state index contributed by atoms with van der Waals surface area (Å²) >= 11 is 6.08. The van der Waals surface area contributed by atoms with Crippen LogP contribution < -0.4 is 10.0 Å². The summed E-state index contributed by atoms with van der Waals surface area (Å²) in [7, 11) is -3.71. The molecule has 2 N–H and O–H groups in total. The first-order valence-corrected chi connectivity index (χ1v) is 8.42. The van der Waals surface area contributed by atoms with Crippen LogP contribution in [-0.4, -0.2) is 15.0 Å². The molecule has 6 heteroatoms. The van der Waals surface area contributed by atoms with Gasteiger partial charge in [0.05, 0.1) is 16.4 Å². The molecule has 0 aromatic heterocycles. The minimum Gasteiger partial charge on any atom is -0.384 e. The van der Waals surface area contributed by atoms with E-state index in [1.54, 1.807) is 49.4 Å². The molecule has 112 valence electrons. The zero-order chi connectivity index (χ0) is 15.5. The first kappa shape index (κ1) is 15.7. The van der Waals surface area contributed by atoms with Gasteiger partial charge in [-0.2, -0.15) is 0 Å². The predicted octanol–water partition coefficient (Wildman–Crippen LogP) is 3.88. The molecule has 0 aliphatic carbocycles. The molecule has 0 saturated carbocycles. The Balaban J connectivity index is 2.44. The lowest BCUT2D eigenvalue weighted by Crippen LogP contribution is -2.16. The van der Waals surface area contributed by atoms with Gasteiger partial charge in [0.2, 0.25) is 0 Å². The summed E-state index contributed by atoms with van der Waals surface area (Å²) in [6.07, 6.45) is 0. The average molecular weight is 325 g/mol. The van der Waals surface area contributed by atoms with Gasteiger partial charge in [-0.1, -0.05) is 35.9 Å². The van der Waals surface area contributed by atoms with Crippen LogP contribution in [0.4, 0.5) is 11.4 Å². The maximum atomic E-state index is 12.6. The van der Waals surface area contributed by atoms with E-state index < -0.39 is 10.0 Å². The van der Waals surface area contributed by atoms with Gasteiger partial charge in [-0.15, -0.1) is 0 Å². The summed E-state index contributed by atoms with van der Waals surface area (Å²) in [5.74, 6) is 0. The lowest BCUT2D eigenvalue weighted by Gasteiger charge is -2.15. The molecule has 0 heterocycles. The number of sulfonamides is 1.